The molecule has 0 spiro atoms. The quantitative estimate of drug-likeness (QED) is 0.927. The van der Waals surface area contributed by atoms with E-state index in [4.69, 9.17) is 5.73 Å². The van der Waals surface area contributed by atoms with Crippen LogP contribution < -0.4 is 10.6 Å². The maximum atomic E-state index is 12.8. The highest BCUT2D eigenvalue weighted by atomic mass is 16.2. The van der Waals surface area contributed by atoms with E-state index in [0.717, 1.165) is 38.0 Å². The van der Waals surface area contributed by atoms with E-state index in [1.165, 1.54) is 24.8 Å². The summed E-state index contributed by atoms with van der Waals surface area (Å²) in [5, 5.41) is 0. The molecule has 0 saturated carbocycles. The number of piperidine rings is 1. The zero-order chi connectivity index (χ0) is 15.4. The molecule has 120 valence electrons. The minimum atomic E-state index is 0.246. The van der Waals surface area contributed by atoms with Crippen LogP contribution in [-0.2, 0) is 11.2 Å². The maximum absolute atomic E-state index is 12.8. The average Bonchev–Trinajstić information content (AvgIpc) is 2.56. The fourth-order valence-electron chi connectivity index (χ4n) is 3.84. The summed E-state index contributed by atoms with van der Waals surface area (Å²) in [4.78, 5) is 17.2. The number of nitrogens with zero attached hydrogens (tertiary/aromatic N) is 2. The van der Waals surface area contributed by atoms with Gasteiger partial charge in [-0.15, -0.1) is 0 Å². The molecular formula is C18H27N3O. The van der Waals surface area contributed by atoms with Crippen LogP contribution in [0.3, 0.4) is 0 Å². The predicted molar refractivity (Wildman–Crippen MR) is 90.0 cm³/mol. The van der Waals surface area contributed by atoms with Crippen LogP contribution >= 0.6 is 0 Å². The van der Waals surface area contributed by atoms with Crippen molar-refractivity contribution in [3.05, 3.63) is 29.8 Å². The standard InChI is InChI=1S/C18H27N3O/c19-11-10-16-8-3-4-12-20(16)14-18(22)21-13-5-7-15-6-1-2-9-17(15)21/h1-2,6,9,16H,3-5,7-8,10-14,19H2. The van der Waals surface area contributed by atoms with Gasteiger partial charge in [0.1, 0.15) is 0 Å². The van der Waals surface area contributed by atoms with Crippen LogP contribution in [0.5, 0.6) is 0 Å². The molecule has 1 saturated heterocycles. The van der Waals surface area contributed by atoms with Gasteiger partial charge in [0, 0.05) is 18.3 Å². The van der Waals surface area contributed by atoms with Gasteiger partial charge in [0.25, 0.3) is 0 Å². The molecule has 1 aromatic rings. The van der Waals surface area contributed by atoms with Crippen molar-refractivity contribution in [2.24, 2.45) is 5.73 Å². The van der Waals surface area contributed by atoms with Crippen molar-refractivity contribution in [2.75, 3.05) is 31.1 Å². The second-order valence-electron chi connectivity index (χ2n) is 6.48. The molecule has 1 unspecified atom stereocenters. The van der Waals surface area contributed by atoms with E-state index in [1.54, 1.807) is 0 Å². The highest BCUT2D eigenvalue weighted by Gasteiger charge is 2.28. The summed E-state index contributed by atoms with van der Waals surface area (Å²) < 4.78 is 0. The Hall–Kier alpha value is -1.39. The van der Waals surface area contributed by atoms with Crippen molar-refractivity contribution in [1.29, 1.82) is 0 Å². The Labute approximate surface area is 133 Å². The fraction of sp³-hybridized carbons (Fsp3) is 0.611. The van der Waals surface area contributed by atoms with Gasteiger partial charge in [0.15, 0.2) is 0 Å². The van der Waals surface area contributed by atoms with Crippen molar-refractivity contribution in [1.82, 2.24) is 4.90 Å². The lowest BCUT2D eigenvalue weighted by Crippen LogP contribution is -2.48. The molecule has 2 aliphatic rings. The Morgan fingerprint density at radius 1 is 1.18 bits per heavy atom. The van der Waals surface area contributed by atoms with Crippen molar-refractivity contribution >= 4 is 11.6 Å². The number of benzene rings is 1. The summed E-state index contributed by atoms with van der Waals surface area (Å²) in [6, 6.07) is 8.81. The molecule has 0 aliphatic carbocycles. The van der Waals surface area contributed by atoms with Crippen LogP contribution in [0.4, 0.5) is 5.69 Å². The molecule has 2 aliphatic heterocycles. The smallest absolute Gasteiger partial charge is 0.241 e. The van der Waals surface area contributed by atoms with Crippen LogP contribution in [0.1, 0.15) is 37.7 Å². The van der Waals surface area contributed by atoms with Crippen LogP contribution in [0.15, 0.2) is 24.3 Å². The molecule has 1 aromatic carbocycles. The van der Waals surface area contributed by atoms with Crippen LogP contribution in [0.2, 0.25) is 0 Å². The van der Waals surface area contributed by atoms with Gasteiger partial charge in [0.2, 0.25) is 5.91 Å². The minimum Gasteiger partial charge on any atom is -0.330 e. The second-order valence-corrected chi connectivity index (χ2v) is 6.48. The number of para-hydroxylation sites is 1. The zero-order valence-corrected chi connectivity index (χ0v) is 13.3. The summed E-state index contributed by atoms with van der Waals surface area (Å²) in [7, 11) is 0. The highest BCUT2D eigenvalue weighted by Crippen LogP contribution is 2.27. The zero-order valence-electron chi connectivity index (χ0n) is 13.3. The van der Waals surface area contributed by atoms with E-state index in [1.807, 2.05) is 11.0 Å². The molecule has 0 bridgehead atoms. The lowest BCUT2D eigenvalue weighted by molar-refractivity contribution is -0.120. The van der Waals surface area contributed by atoms with E-state index in [-0.39, 0.29) is 5.91 Å². The van der Waals surface area contributed by atoms with Crippen molar-refractivity contribution in [3.63, 3.8) is 0 Å². The van der Waals surface area contributed by atoms with Gasteiger partial charge in [-0.3, -0.25) is 9.69 Å². The first-order chi connectivity index (χ1) is 10.8. The number of likely N-dealkylation sites (tertiary alicyclic amines) is 1. The molecule has 4 nitrogen and oxygen atoms in total. The van der Waals surface area contributed by atoms with Gasteiger partial charge < -0.3 is 10.6 Å². The van der Waals surface area contributed by atoms with E-state index < -0.39 is 0 Å². The number of amides is 1. The molecule has 4 heteroatoms. The topological polar surface area (TPSA) is 49.6 Å². The summed E-state index contributed by atoms with van der Waals surface area (Å²) in [5.41, 5.74) is 8.16. The molecule has 0 aromatic heterocycles. The number of carbonyl (C=O) groups is 1. The molecule has 2 N–H and O–H groups in total. The molecule has 0 radical (unpaired) electrons. The molecular weight excluding hydrogens is 274 g/mol. The first-order valence-electron chi connectivity index (χ1n) is 8.62. The molecule has 1 atom stereocenters. The van der Waals surface area contributed by atoms with Crippen molar-refractivity contribution in [2.45, 2.75) is 44.6 Å². The Kier molecular flexibility index (Phi) is 5.11. The maximum Gasteiger partial charge on any atom is 0.241 e. The third-order valence-electron chi connectivity index (χ3n) is 5.00. The Bertz CT molecular complexity index is 515. The van der Waals surface area contributed by atoms with Gasteiger partial charge in [-0.05, 0) is 56.8 Å². The summed E-state index contributed by atoms with van der Waals surface area (Å²) in [6.07, 6.45) is 6.80. The second kappa shape index (κ2) is 7.25. The Balaban J connectivity index is 1.69. The van der Waals surface area contributed by atoms with E-state index >= 15 is 0 Å². The summed E-state index contributed by atoms with van der Waals surface area (Å²) >= 11 is 0. The largest absolute Gasteiger partial charge is 0.330 e. The lowest BCUT2D eigenvalue weighted by atomic mass is 9.98. The predicted octanol–water partition coefficient (Wildman–Crippen LogP) is 2.17. The number of rotatable bonds is 4. The average molecular weight is 301 g/mol. The SMILES string of the molecule is NCCC1CCCCN1CC(=O)N1CCCc2ccccc21. The number of aryl methyl sites for hydroxylation is 1. The number of hydrogen-bond acceptors (Lipinski definition) is 3. The third kappa shape index (κ3) is 3.33. The van der Waals surface area contributed by atoms with Gasteiger partial charge in [-0.1, -0.05) is 24.6 Å². The molecule has 1 fully saturated rings. The first-order valence-corrected chi connectivity index (χ1v) is 8.62. The van der Waals surface area contributed by atoms with Crippen molar-refractivity contribution < 1.29 is 4.79 Å². The van der Waals surface area contributed by atoms with E-state index in [9.17, 15) is 4.79 Å². The highest BCUT2D eigenvalue weighted by molar-refractivity contribution is 5.96. The molecule has 3 rings (SSSR count). The number of anilines is 1. The number of fused-ring (bicyclic) bond motifs is 1. The number of carbonyl (C=O) groups excluding carboxylic acids is 1. The number of hydrogen-bond donors (Lipinski definition) is 1. The van der Waals surface area contributed by atoms with E-state index in [2.05, 4.69) is 23.1 Å². The van der Waals surface area contributed by atoms with Crippen LogP contribution in [0.25, 0.3) is 0 Å². The van der Waals surface area contributed by atoms with Crippen LogP contribution in [0, 0.1) is 0 Å². The van der Waals surface area contributed by atoms with E-state index in [0.29, 0.717) is 19.1 Å². The molecule has 2 heterocycles. The molecule has 22 heavy (non-hydrogen) atoms. The van der Waals surface area contributed by atoms with Gasteiger partial charge in [-0.2, -0.15) is 0 Å². The lowest BCUT2D eigenvalue weighted by Gasteiger charge is -2.37. The monoisotopic (exact) mass is 301 g/mol. The van der Waals surface area contributed by atoms with Gasteiger partial charge in [0.05, 0.1) is 6.54 Å². The van der Waals surface area contributed by atoms with Gasteiger partial charge in [-0.25, -0.2) is 0 Å². The minimum absolute atomic E-state index is 0.246. The normalized spacial score (nSPS) is 22.4. The summed E-state index contributed by atoms with van der Waals surface area (Å²) in [6.45, 7) is 3.14. The van der Waals surface area contributed by atoms with Crippen LogP contribution in [-0.4, -0.2) is 43.0 Å². The number of nitrogens with two attached hydrogens (primary N) is 1. The van der Waals surface area contributed by atoms with Crippen molar-refractivity contribution in [3.8, 4) is 0 Å². The molecule has 1 amide bonds. The fourth-order valence-corrected chi connectivity index (χ4v) is 3.84. The third-order valence-corrected chi connectivity index (χ3v) is 5.00. The summed E-state index contributed by atoms with van der Waals surface area (Å²) in [5.74, 6) is 0.246. The Morgan fingerprint density at radius 2 is 2.05 bits per heavy atom. The first kappa shape index (κ1) is 15.5. The Morgan fingerprint density at radius 3 is 2.91 bits per heavy atom. The van der Waals surface area contributed by atoms with Gasteiger partial charge >= 0.3 is 0 Å².